The van der Waals surface area contributed by atoms with Gasteiger partial charge >= 0.3 is 0 Å². The number of rotatable bonds is 2. The summed E-state index contributed by atoms with van der Waals surface area (Å²) >= 11 is 1.58. The van der Waals surface area contributed by atoms with Crippen LogP contribution in [0.4, 0.5) is 5.13 Å². The highest BCUT2D eigenvalue weighted by molar-refractivity contribution is 7.15. The van der Waals surface area contributed by atoms with E-state index in [0.29, 0.717) is 0 Å². The molecule has 2 atom stereocenters. The fourth-order valence-electron chi connectivity index (χ4n) is 3.14. The van der Waals surface area contributed by atoms with Crippen LogP contribution in [-0.4, -0.2) is 16.9 Å². The number of anilines is 1. The number of hydrogen-bond acceptors (Lipinski definition) is 4. The van der Waals surface area contributed by atoms with Crippen LogP contribution in [0.1, 0.15) is 34.0 Å². The molecule has 5 heteroatoms. The highest BCUT2D eigenvalue weighted by atomic mass is 32.1. The average Bonchev–Trinajstić information content (AvgIpc) is 2.81. The fraction of sp³-hybridized carbons (Fsp3) is 0.375. The van der Waals surface area contributed by atoms with Crippen LogP contribution in [0.15, 0.2) is 24.3 Å². The van der Waals surface area contributed by atoms with Gasteiger partial charge in [0, 0.05) is 10.9 Å². The number of benzene rings is 1. The maximum absolute atomic E-state index is 12.4. The lowest BCUT2D eigenvalue weighted by Crippen LogP contribution is -2.30. The first kappa shape index (κ1) is 13.0. The van der Waals surface area contributed by atoms with Crippen LogP contribution in [0.5, 0.6) is 0 Å². The molecule has 4 rings (SSSR count). The Bertz CT molecular complexity index is 709. The van der Waals surface area contributed by atoms with E-state index in [1.54, 1.807) is 11.3 Å². The predicted molar refractivity (Wildman–Crippen MR) is 83.6 cm³/mol. The fourth-order valence-corrected chi connectivity index (χ4v) is 4.24. The third-order valence-electron chi connectivity index (χ3n) is 4.38. The Balaban J connectivity index is 1.49. The summed E-state index contributed by atoms with van der Waals surface area (Å²) in [5.41, 5.74) is 9.53. The van der Waals surface area contributed by atoms with Gasteiger partial charge in [-0.1, -0.05) is 24.3 Å². The molecule has 1 aromatic carbocycles. The molecule has 21 heavy (non-hydrogen) atoms. The Kier molecular flexibility index (Phi) is 3.05. The van der Waals surface area contributed by atoms with E-state index in [1.165, 1.54) is 10.4 Å². The summed E-state index contributed by atoms with van der Waals surface area (Å²) in [4.78, 5) is 18.2. The molecular formula is C16H17N3OS. The van der Waals surface area contributed by atoms with Gasteiger partial charge in [-0.2, -0.15) is 0 Å². The maximum atomic E-state index is 12.4. The minimum absolute atomic E-state index is 0.0237. The Morgan fingerprint density at radius 1 is 1.33 bits per heavy atom. The topological polar surface area (TPSA) is 68.0 Å². The molecule has 0 radical (unpaired) electrons. The second-order valence-electron chi connectivity index (χ2n) is 5.84. The number of amides is 1. The number of carbonyl (C=O) groups is 1. The number of carbonyl (C=O) groups excluding carboxylic acids is 1. The SMILES string of the molecule is N[C@H]1CCc2nc(NC(=O)C3Cc4ccccc43)sc2C1. The molecule has 2 aromatic rings. The Morgan fingerprint density at radius 3 is 3.05 bits per heavy atom. The maximum Gasteiger partial charge on any atom is 0.234 e. The summed E-state index contributed by atoms with van der Waals surface area (Å²) in [6.07, 6.45) is 3.63. The molecule has 0 saturated heterocycles. The molecule has 2 aliphatic rings. The number of nitrogens with two attached hydrogens (primary N) is 1. The second kappa shape index (κ2) is 4.93. The van der Waals surface area contributed by atoms with Gasteiger partial charge in [0.2, 0.25) is 5.91 Å². The molecule has 0 spiro atoms. The third kappa shape index (κ3) is 2.26. The normalized spacial score (nSPS) is 22.9. The van der Waals surface area contributed by atoms with Crippen molar-refractivity contribution in [2.75, 3.05) is 5.32 Å². The summed E-state index contributed by atoms with van der Waals surface area (Å²) in [5, 5.41) is 3.71. The smallest absolute Gasteiger partial charge is 0.234 e. The van der Waals surface area contributed by atoms with Crippen molar-refractivity contribution < 1.29 is 4.79 Å². The van der Waals surface area contributed by atoms with E-state index in [9.17, 15) is 4.79 Å². The third-order valence-corrected chi connectivity index (χ3v) is 5.41. The van der Waals surface area contributed by atoms with Crippen molar-refractivity contribution in [1.29, 1.82) is 0 Å². The van der Waals surface area contributed by atoms with Gasteiger partial charge in [0.1, 0.15) is 0 Å². The second-order valence-corrected chi connectivity index (χ2v) is 6.92. The van der Waals surface area contributed by atoms with Crippen LogP contribution in [0.25, 0.3) is 0 Å². The van der Waals surface area contributed by atoms with Crippen LogP contribution in [0.3, 0.4) is 0 Å². The van der Waals surface area contributed by atoms with Crippen molar-refractivity contribution in [3.63, 3.8) is 0 Å². The lowest BCUT2D eigenvalue weighted by atomic mass is 9.77. The Hall–Kier alpha value is -1.72. The number of nitrogens with one attached hydrogen (secondary N) is 1. The molecule has 1 amide bonds. The van der Waals surface area contributed by atoms with Gasteiger partial charge < -0.3 is 11.1 Å². The van der Waals surface area contributed by atoms with E-state index in [4.69, 9.17) is 5.73 Å². The first-order valence-electron chi connectivity index (χ1n) is 7.33. The molecular weight excluding hydrogens is 282 g/mol. The van der Waals surface area contributed by atoms with E-state index in [-0.39, 0.29) is 17.9 Å². The van der Waals surface area contributed by atoms with E-state index in [2.05, 4.69) is 16.4 Å². The van der Waals surface area contributed by atoms with Crippen LogP contribution < -0.4 is 11.1 Å². The molecule has 3 N–H and O–H groups in total. The number of nitrogens with zero attached hydrogens (tertiary/aromatic N) is 1. The predicted octanol–water partition coefficient (Wildman–Crippen LogP) is 2.24. The zero-order valence-electron chi connectivity index (χ0n) is 11.6. The van der Waals surface area contributed by atoms with E-state index in [1.807, 2.05) is 18.2 Å². The molecule has 4 nitrogen and oxygen atoms in total. The molecule has 2 aliphatic carbocycles. The molecule has 1 aromatic heterocycles. The van der Waals surface area contributed by atoms with E-state index >= 15 is 0 Å². The summed E-state index contributed by atoms with van der Waals surface area (Å²) in [6, 6.07) is 8.37. The van der Waals surface area contributed by atoms with Crippen molar-refractivity contribution in [2.45, 2.75) is 37.6 Å². The lowest BCUT2D eigenvalue weighted by Gasteiger charge is -2.28. The zero-order chi connectivity index (χ0) is 14.4. The number of aryl methyl sites for hydroxylation is 1. The minimum Gasteiger partial charge on any atom is -0.327 e. The van der Waals surface area contributed by atoms with Crippen LogP contribution in [0.2, 0.25) is 0 Å². The molecule has 108 valence electrons. The van der Waals surface area contributed by atoms with E-state index in [0.717, 1.165) is 42.1 Å². The number of fused-ring (bicyclic) bond motifs is 2. The summed E-state index contributed by atoms with van der Waals surface area (Å²) in [5.74, 6) is 0.0356. The standard InChI is InChI=1S/C16H17N3OS/c17-10-5-6-13-14(8-10)21-16(18-13)19-15(20)12-7-9-3-1-2-4-11(9)12/h1-4,10,12H,5-8,17H2,(H,18,19,20)/t10-,12?/m0/s1. The highest BCUT2D eigenvalue weighted by Crippen LogP contribution is 2.36. The van der Waals surface area contributed by atoms with Gasteiger partial charge in [-0.05, 0) is 36.8 Å². The van der Waals surface area contributed by atoms with Crippen LogP contribution in [0, 0.1) is 0 Å². The number of aromatic nitrogens is 1. The average molecular weight is 299 g/mol. The number of thiazole rings is 1. The Morgan fingerprint density at radius 2 is 2.19 bits per heavy atom. The van der Waals surface area contributed by atoms with Gasteiger partial charge in [0.15, 0.2) is 5.13 Å². The minimum atomic E-state index is -0.0237. The van der Waals surface area contributed by atoms with Crippen molar-refractivity contribution in [2.24, 2.45) is 5.73 Å². The van der Waals surface area contributed by atoms with Gasteiger partial charge in [-0.3, -0.25) is 4.79 Å². The molecule has 0 aliphatic heterocycles. The van der Waals surface area contributed by atoms with Crippen molar-refractivity contribution in [3.8, 4) is 0 Å². The Labute approximate surface area is 127 Å². The zero-order valence-corrected chi connectivity index (χ0v) is 12.5. The van der Waals surface area contributed by atoms with Gasteiger partial charge in [0.05, 0.1) is 11.6 Å². The molecule has 0 saturated carbocycles. The number of hydrogen-bond donors (Lipinski definition) is 2. The van der Waals surface area contributed by atoms with Gasteiger partial charge in [-0.25, -0.2) is 4.98 Å². The molecule has 1 unspecified atom stereocenters. The molecule has 0 fully saturated rings. The first-order valence-corrected chi connectivity index (χ1v) is 8.15. The van der Waals surface area contributed by atoms with Crippen molar-refractivity contribution >= 4 is 22.4 Å². The lowest BCUT2D eigenvalue weighted by molar-refractivity contribution is -0.118. The quantitative estimate of drug-likeness (QED) is 0.893. The monoisotopic (exact) mass is 299 g/mol. The summed E-state index contributed by atoms with van der Waals surface area (Å²) in [6.45, 7) is 0. The van der Waals surface area contributed by atoms with Crippen molar-refractivity contribution in [3.05, 3.63) is 46.0 Å². The summed E-state index contributed by atoms with van der Waals surface area (Å²) < 4.78 is 0. The van der Waals surface area contributed by atoms with E-state index < -0.39 is 0 Å². The first-order chi connectivity index (χ1) is 10.2. The molecule has 1 heterocycles. The highest BCUT2D eigenvalue weighted by Gasteiger charge is 2.32. The van der Waals surface area contributed by atoms with Crippen molar-refractivity contribution in [1.82, 2.24) is 4.98 Å². The largest absolute Gasteiger partial charge is 0.327 e. The van der Waals surface area contributed by atoms with Gasteiger partial charge in [0.25, 0.3) is 0 Å². The van der Waals surface area contributed by atoms with Crippen LogP contribution >= 0.6 is 11.3 Å². The molecule has 0 bridgehead atoms. The summed E-state index contributed by atoms with van der Waals surface area (Å²) in [7, 11) is 0. The van der Waals surface area contributed by atoms with Crippen LogP contribution in [-0.2, 0) is 24.1 Å². The van der Waals surface area contributed by atoms with Gasteiger partial charge in [-0.15, -0.1) is 11.3 Å².